The summed E-state index contributed by atoms with van der Waals surface area (Å²) in [6, 6.07) is 15.7. The second-order valence-electron chi connectivity index (χ2n) is 10.4. The van der Waals surface area contributed by atoms with E-state index in [4.69, 9.17) is 26.4 Å². The molecule has 0 aromatic heterocycles. The standard InChI is InChI=1S/C28H35N3O5S/c1-28(2,3)36-27(33)30-24-15-31(25(37)17-34-4)14-13-23(24)29-26(32)35-16-22-20-11-7-5-9-18(20)19-10-6-8-12-21(19)22/h5-12,22-24H,13-17H2,1-4H3,(H,29,32)(H,30,33). The molecule has 2 aromatic rings. The van der Waals surface area contributed by atoms with Crippen molar-refractivity contribution in [3.63, 3.8) is 0 Å². The van der Waals surface area contributed by atoms with E-state index in [9.17, 15) is 9.59 Å². The predicted octanol–water partition coefficient (Wildman–Crippen LogP) is 4.47. The molecule has 37 heavy (non-hydrogen) atoms. The second-order valence-corrected chi connectivity index (χ2v) is 10.9. The van der Waals surface area contributed by atoms with Gasteiger partial charge in [0, 0.05) is 26.1 Å². The van der Waals surface area contributed by atoms with E-state index < -0.39 is 23.8 Å². The molecule has 0 radical (unpaired) electrons. The molecule has 1 saturated heterocycles. The Bertz CT molecular complexity index is 1100. The van der Waals surface area contributed by atoms with Crippen LogP contribution in [0.5, 0.6) is 0 Å². The number of hydrogen-bond donors (Lipinski definition) is 2. The quantitative estimate of drug-likeness (QED) is 0.538. The van der Waals surface area contributed by atoms with Crippen molar-refractivity contribution in [1.82, 2.24) is 15.5 Å². The summed E-state index contributed by atoms with van der Waals surface area (Å²) in [6.45, 7) is 7.01. The Hall–Kier alpha value is -3.17. The number of likely N-dealkylation sites (tertiary alicyclic amines) is 1. The number of methoxy groups -OCH3 is 1. The molecule has 8 nitrogen and oxygen atoms in total. The molecule has 2 N–H and O–H groups in total. The maximum Gasteiger partial charge on any atom is 0.408 e. The number of fused-ring (bicyclic) bond motifs is 3. The minimum atomic E-state index is -0.639. The van der Waals surface area contributed by atoms with Gasteiger partial charge in [-0.05, 0) is 49.4 Å². The first-order valence-electron chi connectivity index (χ1n) is 12.5. The normalized spacial score (nSPS) is 19.0. The van der Waals surface area contributed by atoms with Crippen LogP contribution in [-0.4, -0.2) is 73.2 Å². The number of amides is 2. The van der Waals surface area contributed by atoms with Crippen molar-refractivity contribution in [2.45, 2.75) is 50.8 Å². The van der Waals surface area contributed by atoms with Gasteiger partial charge in [0.15, 0.2) is 0 Å². The number of hydrogen-bond acceptors (Lipinski definition) is 6. The Labute approximate surface area is 223 Å². The van der Waals surface area contributed by atoms with E-state index in [2.05, 4.69) is 34.9 Å². The van der Waals surface area contributed by atoms with Gasteiger partial charge >= 0.3 is 12.2 Å². The van der Waals surface area contributed by atoms with Gasteiger partial charge in [0.2, 0.25) is 0 Å². The van der Waals surface area contributed by atoms with Gasteiger partial charge in [0.05, 0.1) is 18.7 Å². The third-order valence-corrected chi connectivity index (χ3v) is 6.96. The van der Waals surface area contributed by atoms with Gasteiger partial charge in [-0.2, -0.15) is 0 Å². The monoisotopic (exact) mass is 525 g/mol. The minimum absolute atomic E-state index is 0.0258. The van der Waals surface area contributed by atoms with E-state index in [1.807, 2.05) is 29.2 Å². The molecule has 198 valence electrons. The largest absolute Gasteiger partial charge is 0.449 e. The lowest BCUT2D eigenvalue weighted by atomic mass is 9.98. The Kier molecular flexibility index (Phi) is 8.34. The molecule has 2 aromatic carbocycles. The maximum absolute atomic E-state index is 12.9. The number of nitrogens with zero attached hydrogens (tertiary/aromatic N) is 1. The summed E-state index contributed by atoms with van der Waals surface area (Å²) in [5.74, 6) is -0.0258. The number of benzene rings is 2. The van der Waals surface area contributed by atoms with Crippen molar-refractivity contribution in [3.05, 3.63) is 59.7 Å². The van der Waals surface area contributed by atoms with E-state index in [1.165, 1.54) is 11.1 Å². The van der Waals surface area contributed by atoms with Gasteiger partial charge in [0.1, 0.15) is 17.2 Å². The summed E-state index contributed by atoms with van der Waals surface area (Å²) in [7, 11) is 1.59. The fraction of sp³-hybridized carbons (Fsp3) is 0.464. The number of ether oxygens (including phenoxy) is 3. The van der Waals surface area contributed by atoms with Crippen molar-refractivity contribution >= 4 is 29.4 Å². The van der Waals surface area contributed by atoms with Crippen LogP contribution >= 0.6 is 12.2 Å². The van der Waals surface area contributed by atoms with Crippen LogP contribution in [0.1, 0.15) is 44.2 Å². The molecule has 0 saturated carbocycles. The first-order chi connectivity index (χ1) is 17.7. The highest BCUT2D eigenvalue weighted by Crippen LogP contribution is 2.44. The van der Waals surface area contributed by atoms with Crippen molar-refractivity contribution in [1.29, 1.82) is 0 Å². The molecule has 1 aliphatic heterocycles. The Morgan fingerprint density at radius 2 is 1.57 bits per heavy atom. The lowest BCUT2D eigenvalue weighted by Gasteiger charge is -2.40. The van der Waals surface area contributed by atoms with E-state index in [0.717, 1.165) is 11.1 Å². The topological polar surface area (TPSA) is 89.1 Å². The summed E-state index contributed by atoms with van der Waals surface area (Å²) < 4.78 is 16.4. The van der Waals surface area contributed by atoms with Crippen LogP contribution in [-0.2, 0) is 14.2 Å². The highest BCUT2D eigenvalue weighted by Gasteiger charge is 2.35. The zero-order chi connectivity index (χ0) is 26.6. The average molecular weight is 526 g/mol. The molecular formula is C28H35N3O5S. The number of carbonyl (C=O) groups is 2. The summed E-state index contributed by atoms with van der Waals surface area (Å²) >= 11 is 5.47. The second kappa shape index (κ2) is 11.5. The van der Waals surface area contributed by atoms with Gasteiger partial charge in [-0.1, -0.05) is 60.7 Å². The van der Waals surface area contributed by atoms with Crippen LogP contribution in [0, 0.1) is 0 Å². The van der Waals surface area contributed by atoms with Crippen LogP contribution < -0.4 is 10.6 Å². The SMILES string of the molecule is COCC(=S)N1CCC(NC(=O)OCC2c3ccccc3-c3ccccc32)C(NC(=O)OC(C)(C)C)C1. The number of alkyl carbamates (subject to hydrolysis) is 2. The van der Waals surface area contributed by atoms with Crippen molar-refractivity contribution in [2.75, 3.05) is 33.4 Å². The van der Waals surface area contributed by atoms with Crippen molar-refractivity contribution in [2.24, 2.45) is 0 Å². The smallest absolute Gasteiger partial charge is 0.408 e. The third-order valence-electron chi connectivity index (χ3n) is 6.58. The molecule has 1 fully saturated rings. The van der Waals surface area contributed by atoms with Gasteiger partial charge in [0.25, 0.3) is 0 Å². The molecular weight excluding hydrogens is 490 g/mol. The van der Waals surface area contributed by atoms with Crippen LogP contribution in [0.4, 0.5) is 9.59 Å². The molecule has 0 bridgehead atoms. The molecule has 1 heterocycles. The predicted molar refractivity (Wildman–Crippen MR) is 146 cm³/mol. The number of carbonyl (C=O) groups excluding carboxylic acids is 2. The number of thiocarbonyl (C=S) groups is 1. The molecule has 2 unspecified atom stereocenters. The maximum atomic E-state index is 12.9. The fourth-order valence-corrected chi connectivity index (χ4v) is 5.25. The van der Waals surface area contributed by atoms with E-state index >= 15 is 0 Å². The highest BCUT2D eigenvalue weighted by atomic mass is 32.1. The molecule has 2 aliphatic rings. The zero-order valence-corrected chi connectivity index (χ0v) is 22.6. The Balaban J connectivity index is 1.41. The zero-order valence-electron chi connectivity index (χ0n) is 21.8. The Morgan fingerprint density at radius 1 is 0.973 bits per heavy atom. The van der Waals surface area contributed by atoms with Crippen LogP contribution in [0.3, 0.4) is 0 Å². The van der Waals surface area contributed by atoms with Gasteiger partial charge < -0.3 is 29.7 Å². The van der Waals surface area contributed by atoms with Gasteiger partial charge in [-0.3, -0.25) is 0 Å². The minimum Gasteiger partial charge on any atom is -0.449 e. The third kappa shape index (κ3) is 6.59. The summed E-state index contributed by atoms with van der Waals surface area (Å²) in [6.07, 6.45) is -0.485. The number of piperidine rings is 1. The van der Waals surface area contributed by atoms with E-state index in [1.54, 1.807) is 27.9 Å². The van der Waals surface area contributed by atoms with Crippen molar-refractivity contribution < 1.29 is 23.8 Å². The summed E-state index contributed by atoms with van der Waals surface area (Å²) in [5, 5.41) is 5.88. The molecule has 4 rings (SSSR count). The van der Waals surface area contributed by atoms with E-state index in [-0.39, 0.29) is 18.6 Å². The highest BCUT2D eigenvalue weighted by molar-refractivity contribution is 7.80. The average Bonchev–Trinajstić information content (AvgIpc) is 3.16. The van der Waals surface area contributed by atoms with E-state index in [0.29, 0.717) is 31.1 Å². The molecule has 0 spiro atoms. The number of nitrogens with one attached hydrogen (secondary N) is 2. The van der Waals surface area contributed by atoms with Crippen LogP contribution in [0.25, 0.3) is 11.1 Å². The van der Waals surface area contributed by atoms with Gasteiger partial charge in [-0.25, -0.2) is 9.59 Å². The van der Waals surface area contributed by atoms with Gasteiger partial charge in [-0.15, -0.1) is 0 Å². The first-order valence-corrected chi connectivity index (χ1v) is 12.9. The lowest BCUT2D eigenvalue weighted by Crippen LogP contribution is -2.62. The fourth-order valence-electron chi connectivity index (χ4n) is 4.96. The Morgan fingerprint density at radius 3 is 2.16 bits per heavy atom. The molecule has 9 heteroatoms. The lowest BCUT2D eigenvalue weighted by molar-refractivity contribution is 0.0463. The number of rotatable bonds is 6. The molecule has 2 atom stereocenters. The van der Waals surface area contributed by atoms with Crippen molar-refractivity contribution in [3.8, 4) is 11.1 Å². The summed E-state index contributed by atoms with van der Waals surface area (Å²) in [4.78, 5) is 28.1. The molecule has 2 amide bonds. The summed E-state index contributed by atoms with van der Waals surface area (Å²) in [5.41, 5.74) is 4.02. The van der Waals surface area contributed by atoms with Crippen LogP contribution in [0.15, 0.2) is 48.5 Å². The first kappa shape index (κ1) is 26.9. The van der Waals surface area contributed by atoms with Crippen LogP contribution in [0.2, 0.25) is 0 Å². The molecule has 1 aliphatic carbocycles.